The van der Waals surface area contributed by atoms with Crippen molar-refractivity contribution in [3.63, 3.8) is 0 Å². The number of carbonyl (C=O) groups excluding carboxylic acids is 1. The summed E-state index contributed by atoms with van der Waals surface area (Å²) in [6.45, 7) is 11.4. The summed E-state index contributed by atoms with van der Waals surface area (Å²) in [7, 11) is 0. The molecule has 0 spiro atoms. The molecule has 3 fully saturated rings. The molecule has 1 heterocycles. The Hall–Kier alpha value is -0.670. The third kappa shape index (κ3) is 3.35. The highest BCUT2D eigenvalue weighted by Gasteiger charge is 2.52. The van der Waals surface area contributed by atoms with Crippen LogP contribution >= 0.6 is 0 Å². The molecule has 0 N–H and O–H groups in total. The molecule has 2 saturated carbocycles. The molecule has 0 amide bonds. The average Bonchev–Trinajstić information content (AvgIpc) is 2.96. The Labute approximate surface area is 147 Å². The molecule has 3 aliphatic rings. The van der Waals surface area contributed by atoms with E-state index in [2.05, 4.69) is 32.9 Å². The molecule has 0 aromatic rings. The maximum atomic E-state index is 12.3. The summed E-state index contributed by atoms with van der Waals surface area (Å²) in [6, 6.07) is 0. The summed E-state index contributed by atoms with van der Waals surface area (Å²) in [5.41, 5.74) is 0.000585. The minimum atomic E-state index is -0.469. The third-order valence-electron chi connectivity index (χ3n) is 6.78. The van der Waals surface area contributed by atoms with E-state index in [1.807, 2.05) is 13.8 Å². The molecule has 3 nitrogen and oxygen atoms in total. The van der Waals surface area contributed by atoms with Gasteiger partial charge in [-0.25, -0.2) is 0 Å². The molecule has 136 valence electrons. The first kappa shape index (κ1) is 18.1. The van der Waals surface area contributed by atoms with Gasteiger partial charge in [-0.15, -0.1) is 0 Å². The van der Waals surface area contributed by atoms with Crippen LogP contribution in [0.5, 0.6) is 0 Å². The maximum Gasteiger partial charge on any atom is 0.163 e. The minimum Gasteiger partial charge on any atom is -0.347 e. The summed E-state index contributed by atoms with van der Waals surface area (Å²) in [5.74, 6) is 1.52. The first-order chi connectivity index (χ1) is 11.2. The maximum absolute atomic E-state index is 12.3. The van der Waals surface area contributed by atoms with Gasteiger partial charge in [0.2, 0.25) is 0 Å². The molecule has 0 bridgehead atoms. The fraction of sp³-hybridized carbons (Fsp3) is 0.857. The fourth-order valence-electron chi connectivity index (χ4n) is 5.58. The second-order valence-electron chi connectivity index (χ2n) is 9.29. The second kappa shape index (κ2) is 6.25. The average molecular weight is 335 g/mol. The van der Waals surface area contributed by atoms with E-state index in [9.17, 15) is 4.79 Å². The predicted molar refractivity (Wildman–Crippen MR) is 95.6 cm³/mol. The van der Waals surface area contributed by atoms with Gasteiger partial charge in [0.05, 0.1) is 12.2 Å². The number of Topliss-reactive ketones (excluding diaryl/α,β-unsaturated/α-hetero) is 1. The van der Waals surface area contributed by atoms with Gasteiger partial charge < -0.3 is 9.47 Å². The molecule has 5 unspecified atom stereocenters. The first-order valence-electron chi connectivity index (χ1n) is 9.69. The highest BCUT2D eigenvalue weighted by atomic mass is 16.7. The van der Waals surface area contributed by atoms with Gasteiger partial charge in [-0.2, -0.15) is 0 Å². The van der Waals surface area contributed by atoms with E-state index in [1.54, 1.807) is 0 Å². The number of hydrogen-bond donors (Lipinski definition) is 0. The molecule has 0 aromatic carbocycles. The topological polar surface area (TPSA) is 35.5 Å². The van der Waals surface area contributed by atoms with E-state index in [-0.39, 0.29) is 11.0 Å². The van der Waals surface area contributed by atoms with Gasteiger partial charge in [0, 0.05) is 12.3 Å². The van der Waals surface area contributed by atoms with Crippen molar-refractivity contribution in [2.24, 2.45) is 23.2 Å². The quantitative estimate of drug-likeness (QED) is 0.686. The standard InChI is InChI=1S/C21H34O3/c1-15(8-6-12-20(4)14-23-19(2,3)24-20)16-10-11-17-18(22)9-7-13-21(16,17)5/h6,8,15-17H,7,9-14H2,1-5H3. The van der Waals surface area contributed by atoms with Crippen LogP contribution in [0.25, 0.3) is 0 Å². The zero-order chi connectivity index (χ0) is 17.6. The number of ether oxygens (including phenoxy) is 2. The Morgan fingerprint density at radius 3 is 2.67 bits per heavy atom. The number of ketones is 1. The number of carbonyl (C=O) groups is 1. The van der Waals surface area contributed by atoms with Crippen molar-refractivity contribution in [1.82, 2.24) is 0 Å². The van der Waals surface area contributed by atoms with Crippen LogP contribution in [0.4, 0.5) is 0 Å². The summed E-state index contributed by atoms with van der Waals surface area (Å²) in [5, 5.41) is 0. The van der Waals surface area contributed by atoms with Crippen LogP contribution in [0, 0.1) is 23.2 Å². The lowest BCUT2D eigenvalue weighted by Gasteiger charge is -2.41. The molecular weight excluding hydrogens is 300 g/mol. The van der Waals surface area contributed by atoms with Crippen LogP contribution in [-0.2, 0) is 14.3 Å². The van der Waals surface area contributed by atoms with Crippen LogP contribution in [0.2, 0.25) is 0 Å². The fourth-order valence-corrected chi connectivity index (χ4v) is 5.58. The summed E-state index contributed by atoms with van der Waals surface area (Å²) in [4.78, 5) is 12.3. The monoisotopic (exact) mass is 334 g/mol. The predicted octanol–water partition coefficient (Wildman–Crippen LogP) is 4.90. The van der Waals surface area contributed by atoms with Crippen molar-refractivity contribution in [2.45, 2.75) is 84.5 Å². The van der Waals surface area contributed by atoms with E-state index in [4.69, 9.17) is 9.47 Å². The van der Waals surface area contributed by atoms with Gasteiger partial charge >= 0.3 is 0 Å². The van der Waals surface area contributed by atoms with Gasteiger partial charge in [-0.1, -0.05) is 26.0 Å². The Morgan fingerprint density at radius 2 is 2.00 bits per heavy atom. The molecule has 1 saturated heterocycles. The van der Waals surface area contributed by atoms with Crippen molar-refractivity contribution in [3.8, 4) is 0 Å². The second-order valence-corrected chi connectivity index (χ2v) is 9.29. The SMILES string of the molecule is CC(C=CCC1(C)COC(C)(C)O1)C1CCC2C(=O)CCCC21C. The molecule has 2 aliphatic carbocycles. The van der Waals surface area contributed by atoms with Gasteiger partial charge in [-0.05, 0) is 70.1 Å². The van der Waals surface area contributed by atoms with Gasteiger partial charge in [0.15, 0.2) is 5.79 Å². The lowest BCUT2D eigenvalue weighted by atomic mass is 9.62. The van der Waals surface area contributed by atoms with Crippen LogP contribution in [0.15, 0.2) is 12.2 Å². The molecule has 0 aromatic heterocycles. The normalized spacial score (nSPS) is 43.3. The zero-order valence-electron chi connectivity index (χ0n) is 16.1. The number of fused-ring (bicyclic) bond motifs is 1. The highest BCUT2D eigenvalue weighted by molar-refractivity contribution is 5.83. The van der Waals surface area contributed by atoms with Crippen molar-refractivity contribution >= 4 is 5.78 Å². The van der Waals surface area contributed by atoms with Crippen molar-refractivity contribution < 1.29 is 14.3 Å². The number of allylic oxidation sites excluding steroid dienone is 1. The Bertz CT molecular complexity index is 523. The van der Waals surface area contributed by atoms with Crippen molar-refractivity contribution in [1.29, 1.82) is 0 Å². The van der Waals surface area contributed by atoms with E-state index < -0.39 is 5.79 Å². The third-order valence-corrected chi connectivity index (χ3v) is 6.78. The summed E-state index contributed by atoms with van der Waals surface area (Å²) < 4.78 is 11.8. The molecule has 0 radical (unpaired) electrons. The summed E-state index contributed by atoms with van der Waals surface area (Å²) >= 11 is 0. The Balaban J connectivity index is 1.61. The van der Waals surface area contributed by atoms with Crippen LogP contribution in [0.1, 0.15) is 73.1 Å². The molecule has 3 heteroatoms. The zero-order valence-corrected chi connectivity index (χ0v) is 16.1. The molecule has 1 aliphatic heterocycles. The first-order valence-corrected chi connectivity index (χ1v) is 9.69. The molecular formula is C21H34O3. The van der Waals surface area contributed by atoms with E-state index >= 15 is 0 Å². The van der Waals surface area contributed by atoms with E-state index in [0.717, 1.165) is 25.7 Å². The van der Waals surface area contributed by atoms with Crippen molar-refractivity contribution in [3.05, 3.63) is 12.2 Å². The van der Waals surface area contributed by atoms with Gasteiger partial charge in [0.25, 0.3) is 0 Å². The van der Waals surface area contributed by atoms with Crippen LogP contribution in [0.3, 0.4) is 0 Å². The molecule has 3 rings (SSSR count). The van der Waals surface area contributed by atoms with E-state index in [1.165, 1.54) is 12.8 Å². The minimum absolute atomic E-state index is 0.220. The van der Waals surface area contributed by atoms with Crippen LogP contribution in [-0.4, -0.2) is 23.8 Å². The largest absolute Gasteiger partial charge is 0.347 e. The van der Waals surface area contributed by atoms with Crippen LogP contribution < -0.4 is 0 Å². The van der Waals surface area contributed by atoms with E-state index in [0.29, 0.717) is 30.1 Å². The summed E-state index contributed by atoms with van der Waals surface area (Å²) in [6.07, 6.45) is 10.9. The van der Waals surface area contributed by atoms with Gasteiger partial charge in [-0.3, -0.25) is 4.79 Å². The smallest absolute Gasteiger partial charge is 0.163 e. The highest BCUT2D eigenvalue weighted by Crippen LogP contribution is 2.56. The number of rotatable bonds is 4. The Morgan fingerprint density at radius 1 is 1.25 bits per heavy atom. The lowest BCUT2D eigenvalue weighted by molar-refractivity contribution is -0.156. The Kier molecular flexibility index (Phi) is 4.72. The molecule has 24 heavy (non-hydrogen) atoms. The lowest BCUT2D eigenvalue weighted by Crippen LogP contribution is -2.39. The number of hydrogen-bond acceptors (Lipinski definition) is 3. The van der Waals surface area contributed by atoms with Crippen molar-refractivity contribution in [2.75, 3.05) is 6.61 Å². The molecule has 5 atom stereocenters. The van der Waals surface area contributed by atoms with Gasteiger partial charge in [0.1, 0.15) is 5.78 Å².